The number of primary amides is 1. The number of carbonyl (C=O) groups is 2. The number of furan rings is 1. The Morgan fingerprint density at radius 1 is 1.56 bits per heavy atom. The van der Waals surface area contributed by atoms with Crippen LogP contribution in [0.3, 0.4) is 0 Å². The van der Waals surface area contributed by atoms with E-state index in [4.69, 9.17) is 21.8 Å². The van der Waals surface area contributed by atoms with Gasteiger partial charge in [0, 0.05) is 31.5 Å². The molecule has 1 aromatic heterocycles. The third kappa shape index (κ3) is 2.65. The Balaban J connectivity index is 2.03. The van der Waals surface area contributed by atoms with Crippen LogP contribution < -0.4 is 5.73 Å². The minimum atomic E-state index is -0.733. The fourth-order valence-corrected chi connectivity index (χ4v) is 2.25. The van der Waals surface area contributed by atoms with Gasteiger partial charge in [0.2, 0.25) is 5.91 Å². The van der Waals surface area contributed by atoms with Gasteiger partial charge in [-0.25, -0.2) is 0 Å². The summed E-state index contributed by atoms with van der Waals surface area (Å²) in [7, 11) is 0. The Morgan fingerprint density at radius 3 is 2.83 bits per heavy atom. The first-order valence-electron chi connectivity index (χ1n) is 5.47. The minimum Gasteiger partial charge on any atom is -0.452 e. The summed E-state index contributed by atoms with van der Waals surface area (Å²) in [6.07, 6.45) is 0.596. The normalized spacial score (nSPS) is 23.3. The molecule has 0 aromatic carbocycles. The molecule has 0 saturated carbocycles. The average molecular weight is 273 g/mol. The van der Waals surface area contributed by atoms with Gasteiger partial charge in [0.15, 0.2) is 5.22 Å². The average Bonchev–Trinajstić information content (AvgIpc) is 2.85. The van der Waals surface area contributed by atoms with Crippen LogP contribution in [0.1, 0.15) is 16.8 Å². The second-order valence-corrected chi connectivity index (χ2v) is 4.72. The van der Waals surface area contributed by atoms with Crippen molar-refractivity contribution in [1.82, 2.24) is 4.90 Å². The van der Waals surface area contributed by atoms with Gasteiger partial charge in [-0.1, -0.05) is 0 Å². The van der Waals surface area contributed by atoms with Crippen LogP contribution in [0.2, 0.25) is 5.22 Å². The molecule has 2 atom stereocenters. The summed E-state index contributed by atoms with van der Waals surface area (Å²) in [6, 6.07) is 1.41. The first-order valence-corrected chi connectivity index (χ1v) is 5.85. The standard InChI is InChI=1S/C11H13ClN2O4/c12-9-1-7(5-18-9)11(17)14-3-6(2-10(13)16)8(15)4-14/h1,5-6,8,15H,2-4H2,(H2,13,16)/t6-,8-/m1/s1. The Bertz CT molecular complexity index is 473. The highest BCUT2D eigenvalue weighted by atomic mass is 35.5. The second kappa shape index (κ2) is 4.99. The van der Waals surface area contributed by atoms with E-state index in [1.54, 1.807) is 0 Å². The van der Waals surface area contributed by atoms with Crippen molar-refractivity contribution in [2.24, 2.45) is 11.7 Å². The van der Waals surface area contributed by atoms with E-state index in [-0.39, 0.29) is 30.0 Å². The molecule has 7 heteroatoms. The molecule has 1 saturated heterocycles. The number of amides is 2. The van der Waals surface area contributed by atoms with Gasteiger partial charge in [0.05, 0.1) is 11.7 Å². The van der Waals surface area contributed by atoms with Crippen molar-refractivity contribution in [3.8, 4) is 0 Å². The van der Waals surface area contributed by atoms with Gasteiger partial charge in [-0.2, -0.15) is 0 Å². The van der Waals surface area contributed by atoms with E-state index in [9.17, 15) is 14.7 Å². The van der Waals surface area contributed by atoms with E-state index in [2.05, 4.69) is 0 Å². The van der Waals surface area contributed by atoms with Crippen molar-refractivity contribution in [2.75, 3.05) is 13.1 Å². The molecule has 0 aliphatic carbocycles. The first kappa shape index (κ1) is 12.9. The molecule has 1 aliphatic rings. The number of carbonyl (C=O) groups excluding carboxylic acids is 2. The molecule has 0 unspecified atom stereocenters. The molecule has 18 heavy (non-hydrogen) atoms. The number of hydrogen-bond donors (Lipinski definition) is 2. The fourth-order valence-electron chi connectivity index (χ4n) is 2.08. The van der Waals surface area contributed by atoms with Crippen LogP contribution >= 0.6 is 11.6 Å². The topological polar surface area (TPSA) is 96.8 Å². The number of nitrogens with zero attached hydrogens (tertiary/aromatic N) is 1. The predicted octanol–water partition coefficient (Wildman–Crippen LogP) is 0.241. The highest BCUT2D eigenvalue weighted by Gasteiger charge is 2.35. The number of β-amino-alcohol motifs (C(OH)–C–C–N with tert-alkyl or cyclic N) is 1. The fraction of sp³-hybridized carbons (Fsp3) is 0.455. The summed E-state index contributed by atoms with van der Waals surface area (Å²) >= 11 is 5.59. The highest BCUT2D eigenvalue weighted by Crippen LogP contribution is 2.23. The zero-order valence-corrected chi connectivity index (χ0v) is 10.3. The number of aliphatic hydroxyl groups excluding tert-OH is 1. The molecule has 1 aromatic rings. The molecular formula is C11H13ClN2O4. The van der Waals surface area contributed by atoms with Crippen molar-refractivity contribution in [3.63, 3.8) is 0 Å². The third-order valence-electron chi connectivity index (χ3n) is 2.97. The van der Waals surface area contributed by atoms with E-state index in [0.717, 1.165) is 0 Å². The van der Waals surface area contributed by atoms with Crippen molar-refractivity contribution >= 4 is 23.4 Å². The van der Waals surface area contributed by atoms with E-state index in [1.165, 1.54) is 17.2 Å². The molecule has 2 amide bonds. The molecule has 6 nitrogen and oxygen atoms in total. The molecule has 0 radical (unpaired) electrons. The molecule has 2 rings (SSSR count). The van der Waals surface area contributed by atoms with E-state index < -0.39 is 12.0 Å². The minimum absolute atomic E-state index is 0.0666. The van der Waals surface area contributed by atoms with Gasteiger partial charge in [0.1, 0.15) is 6.26 Å². The summed E-state index contributed by atoms with van der Waals surface area (Å²) in [5.41, 5.74) is 5.41. The van der Waals surface area contributed by atoms with Crippen molar-refractivity contribution in [3.05, 3.63) is 23.1 Å². The largest absolute Gasteiger partial charge is 0.452 e. The number of hydrogen-bond acceptors (Lipinski definition) is 4. The Labute approximate surface area is 108 Å². The quantitative estimate of drug-likeness (QED) is 0.824. The highest BCUT2D eigenvalue weighted by molar-refractivity contribution is 6.29. The predicted molar refractivity (Wildman–Crippen MR) is 62.9 cm³/mol. The zero-order chi connectivity index (χ0) is 13.3. The summed E-state index contributed by atoms with van der Waals surface area (Å²) in [4.78, 5) is 24.3. The van der Waals surface area contributed by atoms with Gasteiger partial charge in [-0.05, 0) is 11.6 Å². The van der Waals surface area contributed by atoms with Gasteiger partial charge < -0.3 is 20.2 Å². The summed E-state index contributed by atoms with van der Waals surface area (Å²) in [5, 5.41) is 9.89. The van der Waals surface area contributed by atoms with Crippen LogP contribution in [0, 0.1) is 5.92 Å². The lowest BCUT2D eigenvalue weighted by Crippen LogP contribution is -2.29. The molecular weight excluding hydrogens is 260 g/mol. The zero-order valence-electron chi connectivity index (χ0n) is 9.51. The summed E-state index contributed by atoms with van der Waals surface area (Å²) in [5.74, 6) is -1.08. The van der Waals surface area contributed by atoms with Crippen molar-refractivity contribution in [1.29, 1.82) is 0 Å². The molecule has 2 heterocycles. The van der Waals surface area contributed by atoms with Crippen LogP contribution in [0.5, 0.6) is 0 Å². The maximum atomic E-state index is 12.0. The Hall–Kier alpha value is -1.53. The lowest BCUT2D eigenvalue weighted by atomic mass is 10.0. The van der Waals surface area contributed by atoms with E-state index in [0.29, 0.717) is 12.1 Å². The number of nitrogens with two attached hydrogens (primary N) is 1. The number of aliphatic hydroxyl groups is 1. The number of likely N-dealkylation sites (tertiary alicyclic amines) is 1. The Morgan fingerprint density at radius 2 is 2.28 bits per heavy atom. The molecule has 1 aliphatic heterocycles. The van der Waals surface area contributed by atoms with Crippen LogP contribution in [0.25, 0.3) is 0 Å². The van der Waals surface area contributed by atoms with Crippen LogP contribution in [-0.2, 0) is 4.79 Å². The monoisotopic (exact) mass is 272 g/mol. The summed E-state index contributed by atoms with van der Waals surface area (Å²) in [6.45, 7) is 0.477. The van der Waals surface area contributed by atoms with Crippen LogP contribution in [0.4, 0.5) is 0 Å². The van der Waals surface area contributed by atoms with Crippen LogP contribution in [-0.4, -0.2) is 41.0 Å². The summed E-state index contributed by atoms with van der Waals surface area (Å²) < 4.78 is 4.84. The molecule has 0 spiro atoms. The second-order valence-electron chi connectivity index (χ2n) is 4.35. The Kier molecular flexibility index (Phi) is 3.58. The van der Waals surface area contributed by atoms with Gasteiger partial charge in [-0.3, -0.25) is 9.59 Å². The van der Waals surface area contributed by atoms with Crippen molar-refractivity contribution < 1.29 is 19.1 Å². The van der Waals surface area contributed by atoms with E-state index >= 15 is 0 Å². The van der Waals surface area contributed by atoms with Crippen molar-refractivity contribution in [2.45, 2.75) is 12.5 Å². The van der Waals surface area contributed by atoms with Gasteiger partial charge >= 0.3 is 0 Å². The van der Waals surface area contributed by atoms with E-state index in [1.807, 2.05) is 0 Å². The van der Waals surface area contributed by atoms with Crippen LogP contribution in [0.15, 0.2) is 16.7 Å². The maximum absolute atomic E-state index is 12.0. The van der Waals surface area contributed by atoms with Gasteiger partial charge in [-0.15, -0.1) is 0 Å². The van der Waals surface area contributed by atoms with Gasteiger partial charge in [0.25, 0.3) is 5.91 Å². The molecule has 98 valence electrons. The molecule has 0 bridgehead atoms. The first-order chi connectivity index (χ1) is 8.47. The maximum Gasteiger partial charge on any atom is 0.257 e. The number of rotatable bonds is 3. The molecule has 3 N–H and O–H groups in total. The smallest absolute Gasteiger partial charge is 0.257 e. The third-order valence-corrected chi connectivity index (χ3v) is 3.17. The lowest BCUT2D eigenvalue weighted by molar-refractivity contribution is -0.119. The number of halogens is 1. The SMILES string of the molecule is NC(=O)C[C@@H]1CN(C(=O)c2coc(Cl)c2)C[C@H]1O. The lowest BCUT2D eigenvalue weighted by Gasteiger charge is -2.14. The molecule has 1 fully saturated rings.